The molecule has 2 aliphatic rings. The molecule has 0 saturated carbocycles. The number of nitrogens with zero attached hydrogens (tertiary/aromatic N) is 5. The van der Waals surface area contributed by atoms with Crippen LogP contribution in [0.5, 0.6) is 0 Å². The van der Waals surface area contributed by atoms with Gasteiger partial charge in [0, 0.05) is 32.4 Å². The highest BCUT2D eigenvalue weighted by molar-refractivity contribution is 5.20. The van der Waals surface area contributed by atoms with Crippen molar-refractivity contribution in [2.75, 3.05) is 13.1 Å². The lowest BCUT2D eigenvalue weighted by atomic mass is 9.96. The maximum Gasteiger partial charge on any atom is 0.267 e. The van der Waals surface area contributed by atoms with Gasteiger partial charge < -0.3 is 4.57 Å². The second kappa shape index (κ2) is 7.12. The fraction of sp³-hybridized carbons (Fsp3) is 0.632. The van der Waals surface area contributed by atoms with Gasteiger partial charge in [0.1, 0.15) is 0 Å². The van der Waals surface area contributed by atoms with Crippen molar-refractivity contribution < 1.29 is 0 Å². The third-order valence-electron chi connectivity index (χ3n) is 5.56. The van der Waals surface area contributed by atoms with Crippen molar-refractivity contribution in [3.8, 4) is 0 Å². The number of aromatic nitrogens is 4. The van der Waals surface area contributed by atoms with Crippen LogP contribution in [0, 0.1) is 5.92 Å². The first-order valence-electron chi connectivity index (χ1n) is 9.46. The first-order valence-corrected chi connectivity index (χ1v) is 9.46. The zero-order chi connectivity index (χ0) is 17.2. The molecular formula is C19H27N5O. The van der Waals surface area contributed by atoms with Crippen LogP contribution in [0.25, 0.3) is 0 Å². The van der Waals surface area contributed by atoms with Gasteiger partial charge in [-0.25, -0.2) is 9.67 Å². The molecule has 0 aromatic carbocycles. The molecule has 3 heterocycles. The van der Waals surface area contributed by atoms with Crippen molar-refractivity contribution >= 4 is 0 Å². The molecule has 6 nitrogen and oxygen atoms in total. The Bertz CT molecular complexity index is 785. The number of hydrogen-bond donors (Lipinski definition) is 0. The minimum atomic E-state index is 0.0802. The highest BCUT2D eigenvalue weighted by Gasteiger charge is 2.22. The summed E-state index contributed by atoms with van der Waals surface area (Å²) >= 11 is 0. The van der Waals surface area contributed by atoms with Crippen LogP contribution in [-0.2, 0) is 33.0 Å². The van der Waals surface area contributed by atoms with E-state index in [0.717, 1.165) is 63.3 Å². The average Bonchev–Trinajstić information content (AvgIpc) is 3.02. The lowest BCUT2D eigenvalue weighted by Gasteiger charge is -2.31. The Morgan fingerprint density at radius 2 is 2.00 bits per heavy atom. The number of hydrogen-bond acceptors (Lipinski definition) is 4. The minimum absolute atomic E-state index is 0.0802. The normalized spacial score (nSPS) is 19.1. The standard InChI is InChI=1S/C19H27N5O/c1-22-12-17(20-14-22)13-23-8-6-15(7-9-23)11-24-19(25)10-16-4-2-3-5-18(16)21-24/h10,12,14-15H,2-9,11,13H2,1H3. The first-order chi connectivity index (χ1) is 12.2. The monoisotopic (exact) mass is 341 g/mol. The predicted molar refractivity (Wildman–Crippen MR) is 96.3 cm³/mol. The molecular weight excluding hydrogens is 314 g/mol. The van der Waals surface area contributed by atoms with Gasteiger partial charge in [-0.3, -0.25) is 9.69 Å². The quantitative estimate of drug-likeness (QED) is 0.850. The Hall–Kier alpha value is -1.95. The van der Waals surface area contributed by atoms with Crippen LogP contribution < -0.4 is 5.56 Å². The van der Waals surface area contributed by atoms with Gasteiger partial charge in [0.05, 0.1) is 17.7 Å². The fourth-order valence-corrected chi connectivity index (χ4v) is 4.08. The molecule has 134 valence electrons. The molecule has 1 aliphatic carbocycles. The van der Waals surface area contributed by atoms with Crippen molar-refractivity contribution in [3.63, 3.8) is 0 Å². The first kappa shape index (κ1) is 16.5. The molecule has 0 N–H and O–H groups in total. The molecule has 6 heteroatoms. The summed E-state index contributed by atoms with van der Waals surface area (Å²) in [5, 5.41) is 4.67. The van der Waals surface area contributed by atoms with Crippen LogP contribution in [0.4, 0.5) is 0 Å². The van der Waals surface area contributed by atoms with Gasteiger partial charge in [0.25, 0.3) is 5.56 Å². The van der Waals surface area contributed by atoms with Crippen LogP contribution in [0.2, 0.25) is 0 Å². The molecule has 1 aliphatic heterocycles. The van der Waals surface area contributed by atoms with E-state index in [1.54, 1.807) is 4.68 Å². The van der Waals surface area contributed by atoms with E-state index in [0.29, 0.717) is 5.92 Å². The number of piperidine rings is 1. The van der Waals surface area contributed by atoms with Gasteiger partial charge >= 0.3 is 0 Å². The van der Waals surface area contributed by atoms with Crippen LogP contribution in [0.15, 0.2) is 23.4 Å². The number of rotatable bonds is 4. The van der Waals surface area contributed by atoms with Gasteiger partial charge in [-0.05, 0) is 63.1 Å². The third-order valence-corrected chi connectivity index (χ3v) is 5.56. The van der Waals surface area contributed by atoms with Crippen molar-refractivity contribution in [2.24, 2.45) is 13.0 Å². The summed E-state index contributed by atoms with van der Waals surface area (Å²) in [6.07, 6.45) is 10.6. The SMILES string of the molecule is Cn1cnc(CN2CCC(Cn3nc4c(cc3=O)CCCC4)CC2)c1. The molecule has 0 radical (unpaired) electrons. The molecule has 2 aromatic rings. The van der Waals surface area contributed by atoms with E-state index in [-0.39, 0.29) is 5.56 Å². The molecule has 2 aromatic heterocycles. The average molecular weight is 341 g/mol. The highest BCUT2D eigenvalue weighted by Crippen LogP contribution is 2.21. The van der Waals surface area contributed by atoms with Crippen LogP contribution in [0.3, 0.4) is 0 Å². The summed E-state index contributed by atoms with van der Waals surface area (Å²) in [6.45, 7) is 3.83. The van der Waals surface area contributed by atoms with Crippen molar-refractivity contribution in [1.29, 1.82) is 0 Å². The number of fused-ring (bicyclic) bond motifs is 1. The topological polar surface area (TPSA) is 56.0 Å². The maximum atomic E-state index is 12.4. The van der Waals surface area contributed by atoms with E-state index in [9.17, 15) is 4.79 Å². The van der Waals surface area contributed by atoms with Gasteiger partial charge in [-0.1, -0.05) is 0 Å². The van der Waals surface area contributed by atoms with E-state index < -0.39 is 0 Å². The van der Waals surface area contributed by atoms with Gasteiger partial charge in [-0.2, -0.15) is 5.10 Å². The summed E-state index contributed by atoms with van der Waals surface area (Å²) < 4.78 is 3.72. The summed E-state index contributed by atoms with van der Waals surface area (Å²) in [4.78, 5) is 19.2. The van der Waals surface area contributed by atoms with Crippen molar-refractivity contribution in [2.45, 2.75) is 51.6 Å². The van der Waals surface area contributed by atoms with Crippen LogP contribution in [-0.4, -0.2) is 37.3 Å². The molecule has 0 atom stereocenters. The number of likely N-dealkylation sites (tertiary alicyclic amines) is 1. The summed E-state index contributed by atoms with van der Waals surface area (Å²) in [6, 6.07) is 1.83. The summed E-state index contributed by atoms with van der Waals surface area (Å²) in [5.41, 5.74) is 3.54. The highest BCUT2D eigenvalue weighted by atomic mass is 16.1. The molecule has 25 heavy (non-hydrogen) atoms. The lowest BCUT2D eigenvalue weighted by Crippen LogP contribution is -2.37. The van der Waals surface area contributed by atoms with E-state index in [2.05, 4.69) is 21.2 Å². The summed E-state index contributed by atoms with van der Waals surface area (Å²) in [7, 11) is 2.01. The van der Waals surface area contributed by atoms with E-state index in [1.165, 1.54) is 18.4 Å². The van der Waals surface area contributed by atoms with E-state index in [4.69, 9.17) is 0 Å². The Labute approximate surface area is 148 Å². The molecule has 4 rings (SSSR count). The van der Waals surface area contributed by atoms with Gasteiger partial charge in [0.2, 0.25) is 0 Å². The Kier molecular flexibility index (Phi) is 4.70. The van der Waals surface area contributed by atoms with Crippen molar-refractivity contribution in [3.05, 3.63) is 45.9 Å². The number of aryl methyl sites for hydroxylation is 3. The molecule has 0 bridgehead atoms. The molecule has 1 fully saturated rings. The third kappa shape index (κ3) is 3.84. The zero-order valence-electron chi connectivity index (χ0n) is 15.0. The maximum absolute atomic E-state index is 12.4. The van der Waals surface area contributed by atoms with E-state index >= 15 is 0 Å². The van der Waals surface area contributed by atoms with Gasteiger partial charge in [0.15, 0.2) is 0 Å². The van der Waals surface area contributed by atoms with Gasteiger partial charge in [-0.15, -0.1) is 0 Å². The molecule has 0 amide bonds. The molecule has 1 saturated heterocycles. The molecule has 0 unspecified atom stereocenters. The van der Waals surface area contributed by atoms with Crippen molar-refractivity contribution in [1.82, 2.24) is 24.2 Å². The minimum Gasteiger partial charge on any atom is -0.340 e. The summed E-state index contributed by atoms with van der Waals surface area (Å²) in [5.74, 6) is 0.548. The van der Waals surface area contributed by atoms with Crippen LogP contribution in [0.1, 0.15) is 42.6 Å². The largest absolute Gasteiger partial charge is 0.340 e. The Morgan fingerprint density at radius 3 is 2.76 bits per heavy atom. The predicted octanol–water partition coefficient (Wildman–Crippen LogP) is 1.77. The number of imidazole rings is 1. The smallest absolute Gasteiger partial charge is 0.267 e. The Morgan fingerprint density at radius 1 is 1.20 bits per heavy atom. The van der Waals surface area contributed by atoms with E-state index in [1.807, 2.05) is 24.0 Å². The second-order valence-electron chi connectivity index (χ2n) is 7.59. The lowest BCUT2D eigenvalue weighted by molar-refractivity contribution is 0.162. The molecule has 0 spiro atoms. The fourth-order valence-electron chi connectivity index (χ4n) is 4.08. The Balaban J connectivity index is 1.35. The second-order valence-corrected chi connectivity index (χ2v) is 7.59. The van der Waals surface area contributed by atoms with Crippen LogP contribution >= 0.6 is 0 Å². The zero-order valence-corrected chi connectivity index (χ0v) is 15.0.